The maximum Gasteiger partial charge on any atom is 0.229 e. The SMILES string of the molecule is CCOC1=NOC(C(OCC)OCC)C1. The van der Waals surface area contributed by atoms with Gasteiger partial charge in [-0.05, 0) is 20.8 Å². The Morgan fingerprint density at radius 2 is 1.93 bits per heavy atom. The van der Waals surface area contributed by atoms with Crippen molar-refractivity contribution in [3.63, 3.8) is 0 Å². The van der Waals surface area contributed by atoms with Gasteiger partial charge in [0.05, 0.1) is 13.0 Å². The highest BCUT2D eigenvalue weighted by molar-refractivity contribution is 5.77. The highest BCUT2D eigenvalue weighted by Gasteiger charge is 2.31. The zero-order valence-electron chi connectivity index (χ0n) is 9.56. The predicted octanol–water partition coefficient (Wildman–Crippen LogP) is 1.52. The largest absolute Gasteiger partial charge is 0.479 e. The van der Waals surface area contributed by atoms with E-state index in [1.807, 2.05) is 20.8 Å². The quantitative estimate of drug-likeness (QED) is 0.633. The Morgan fingerprint density at radius 3 is 2.47 bits per heavy atom. The van der Waals surface area contributed by atoms with Crippen LogP contribution in [0.4, 0.5) is 0 Å². The van der Waals surface area contributed by atoms with Gasteiger partial charge in [0.1, 0.15) is 0 Å². The summed E-state index contributed by atoms with van der Waals surface area (Å²) in [6.45, 7) is 7.54. The van der Waals surface area contributed by atoms with Crippen molar-refractivity contribution in [2.24, 2.45) is 5.16 Å². The summed E-state index contributed by atoms with van der Waals surface area (Å²) in [4.78, 5) is 5.20. The maximum absolute atomic E-state index is 5.42. The molecule has 15 heavy (non-hydrogen) atoms. The Morgan fingerprint density at radius 1 is 1.27 bits per heavy atom. The number of hydrogen-bond acceptors (Lipinski definition) is 5. The Balaban J connectivity index is 2.37. The Labute approximate surface area is 90.3 Å². The third-order valence-electron chi connectivity index (χ3n) is 1.94. The molecule has 0 spiro atoms. The average Bonchev–Trinajstić information content (AvgIpc) is 2.67. The summed E-state index contributed by atoms with van der Waals surface area (Å²) < 4.78 is 16.1. The van der Waals surface area contributed by atoms with Gasteiger partial charge in [0.15, 0.2) is 12.4 Å². The Kier molecular flexibility index (Phi) is 5.42. The van der Waals surface area contributed by atoms with Crippen molar-refractivity contribution in [2.45, 2.75) is 39.6 Å². The third kappa shape index (κ3) is 3.68. The van der Waals surface area contributed by atoms with Crippen LogP contribution in [0.1, 0.15) is 27.2 Å². The lowest BCUT2D eigenvalue weighted by Gasteiger charge is -2.20. The average molecular weight is 217 g/mol. The fourth-order valence-corrected chi connectivity index (χ4v) is 1.36. The molecule has 5 heteroatoms. The van der Waals surface area contributed by atoms with E-state index >= 15 is 0 Å². The van der Waals surface area contributed by atoms with Crippen molar-refractivity contribution in [3.8, 4) is 0 Å². The molecule has 1 aliphatic heterocycles. The van der Waals surface area contributed by atoms with Crippen LogP contribution in [-0.4, -0.2) is 38.1 Å². The lowest BCUT2D eigenvalue weighted by molar-refractivity contribution is -0.196. The monoisotopic (exact) mass is 217 g/mol. The molecule has 0 bridgehead atoms. The van der Waals surface area contributed by atoms with E-state index in [0.717, 1.165) is 0 Å². The van der Waals surface area contributed by atoms with E-state index in [1.165, 1.54) is 0 Å². The van der Waals surface area contributed by atoms with Crippen LogP contribution in [-0.2, 0) is 19.0 Å². The lowest BCUT2D eigenvalue weighted by Crippen LogP contribution is -2.32. The number of ether oxygens (including phenoxy) is 3. The fraction of sp³-hybridized carbons (Fsp3) is 0.900. The zero-order valence-corrected chi connectivity index (χ0v) is 9.56. The summed E-state index contributed by atoms with van der Waals surface area (Å²) in [5.41, 5.74) is 0. The standard InChI is InChI=1S/C10H19NO4/c1-4-12-9-7-8(15-11-9)10(13-5-2)14-6-3/h8,10H,4-7H2,1-3H3. The fourth-order valence-electron chi connectivity index (χ4n) is 1.36. The number of oxime groups is 1. The van der Waals surface area contributed by atoms with Gasteiger partial charge >= 0.3 is 0 Å². The van der Waals surface area contributed by atoms with Crippen LogP contribution in [0.5, 0.6) is 0 Å². The molecular formula is C10H19NO4. The van der Waals surface area contributed by atoms with Crippen molar-refractivity contribution >= 4 is 5.90 Å². The molecule has 88 valence electrons. The lowest BCUT2D eigenvalue weighted by atomic mass is 10.2. The summed E-state index contributed by atoms with van der Waals surface area (Å²) in [7, 11) is 0. The summed E-state index contributed by atoms with van der Waals surface area (Å²) in [5, 5.41) is 3.83. The van der Waals surface area contributed by atoms with Crippen LogP contribution in [0.2, 0.25) is 0 Å². The second-order valence-electron chi connectivity index (χ2n) is 3.05. The van der Waals surface area contributed by atoms with Crippen LogP contribution in [0.3, 0.4) is 0 Å². The first-order valence-electron chi connectivity index (χ1n) is 5.40. The topological polar surface area (TPSA) is 49.3 Å². The first-order chi connectivity index (χ1) is 7.31. The molecule has 0 saturated heterocycles. The number of rotatable bonds is 6. The molecule has 0 N–H and O–H groups in total. The molecule has 0 saturated carbocycles. The van der Waals surface area contributed by atoms with E-state index in [4.69, 9.17) is 19.0 Å². The van der Waals surface area contributed by atoms with Gasteiger partial charge in [0, 0.05) is 13.2 Å². The summed E-state index contributed by atoms with van der Waals surface area (Å²) in [5.74, 6) is 0.618. The second kappa shape index (κ2) is 6.63. The summed E-state index contributed by atoms with van der Waals surface area (Å²) >= 11 is 0. The maximum atomic E-state index is 5.42. The minimum absolute atomic E-state index is 0.188. The van der Waals surface area contributed by atoms with Gasteiger partial charge in [-0.3, -0.25) is 0 Å². The molecule has 0 fully saturated rings. The minimum atomic E-state index is -0.360. The molecule has 0 aromatic heterocycles. The molecule has 0 aromatic rings. The molecule has 5 nitrogen and oxygen atoms in total. The van der Waals surface area contributed by atoms with Gasteiger partial charge in [0.2, 0.25) is 5.90 Å². The van der Waals surface area contributed by atoms with Crippen LogP contribution >= 0.6 is 0 Å². The van der Waals surface area contributed by atoms with Gasteiger partial charge < -0.3 is 19.0 Å². The Hall–Kier alpha value is -0.810. The van der Waals surface area contributed by atoms with Crippen molar-refractivity contribution in [2.75, 3.05) is 19.8 Å². The van der Waals surface area contributed by atoms with E-state index in [2.05, 4.69) is 5.16 Å². The van der Waals surface area contributed by atoms with Crippen molar-refractivity contribution in [1.29, 1.82) is 0 Å². The molecule has 0 aromatic carbocycles. The van der Waals surface area contributed by atoms with Crippen LogP contribution in [0.15, 0.2) is 5.16 Å². The van der Waals surface area contributed by atoms with Gasteiger partial charge in [0.25, 0.3) is 0 Å². The van der Waals surface area contributed by atoms with E-state index in [0.29, 0.717) is 32.1 Å². The van der Waals surface area contributed by atoms with E-state index in [1.54, 1.807) is 0 Å². The summed E-state index contributed by atoms with van der Waals surface area (Å²) in [6, 6.07) is 0. The van der Waals surface area contributed by atoms with Gasteiger partial charge in [-0.1, -0.05) is 5.16 Å². The van der Waals surface area contributed by atoms with Gasteiger partial charge in [-0.2, -0.15) is 0 Å². The Bertz CT molecular complexity index is 202. The molecule has 1 unspecified atom stereocenters. The van der Waals surface area contributed by atoms with Crippen LogP contribution in [0, 0.1) is 0 Å². The highest BCUT2D eigenvalue weighted by atomic mass is 16.7. The minimum Gasteiger partial charge on any atom is -0.479 e. The predicted molar refractivity (Wildman–Crippen MR) is 55.6 cm³/mol. The molecule has 1 rings (SSSR count). The number of hydrogen-bond donors (Lipinski definition) is 0. The van der Waals surface area contributed by atoms with E-state index < -0.39 is 0 Å². The van der Waals surface area contributed by atoms with E-state index in [9.17, 15) is 0 Å². The third-order valence-corrected chi connectivity index (χ3v) is 1.94. The molecule has 0 amide bonds. The number of nitrogens with zero attached hydrogens (tertiary/aromatic N) is 1. The smallest absolute Gasteiger partial charge is 0.229 e. The van der Waals surface area contributed by atoms with Gasteiger partial charge in [-0.25, -0.2) is 0 Å². The first kappa shape index (κ1) is 12.3. The first-order valence-corrected chi connectivity index (χ1v) is 5.40. The molecule has 1 aliphatic rings. The zero-order chi connectivity index (χ0) is 11.1. The highest BCUT2D eigenvalue weighted by Crippen LogP contribution is 2.18. The molecular weight excluding hydrogens is 198 g/mol. The molecule has 0 aliphatic carbocycles. The van der Waals surface area contributed by atoms with Gasteiger partial charge in [-0.15, -0.1) is 0 Å². The van der Waals surface area contributed by atoms with Crippen molar-refractivity contribution in [1.82, 2.24) is 0 Å². The van der Waals surface area contributed by atoms with Crippen molar-refractivity contribution < 1.29 is 19.0 Å². The molecule has 0 radical (unpaired) electrons. The van der Waals surface area contributed by atoms with Crippen molar-refractivity contribution in [3.05, 3.63) is 0 Å². The second-order valence-corrected chi connectivity index (χ2v) is 3.05. The van der Waals surface area contributed by atoms with E-state index in [-0.39, 0.29) is 12.4 Å². The normalized spacial score (nSPS) is 20.3. The van der Waals surface area contributed by atoms with Crippen LogP contribution < -0.4 is 0 Å². The van der Waals surface area contributed by atoms with Crippen LogP contribution in [0.25, 0.3) is 0 Å². The molecule has 1 atom stereocenters. The summed E-state index contributed by atoms with van der Waals surface area (Å²) in [6.07, 6.45) is 0.0616. The molecule has 1 heterocycles.